The first-order valence-electron chi connectivity index (χ1n) is 25.6. The van der Waals surface area contributed by atoms with Crippen molar-refractivity contribution >= 4 is 35.8 Å². The highest BCUT2D eigenvalue weighted by atomic mass is 16.8. The number of fused-ring (bicyclic) bond motifs is 4. The summed E-state index contributed by atoms with van der Waals surface area (Å²) in [6.45, 7) is -4.12. The molecule has 37 heteroatoms. The van der Waals surface area contributed by atoms with Crippen LogP contribution in [0.4, 0.5) is 0 Å². The molecule has 37 nitrogen and oxygen atoms in total. The lowest BCUT2D eigenvalue weighted by Crippen LogP contribution is -2.66. The zero-order valence-electron chi connectivity index (χ0n) is 45.5. The van der Waals surface area contributed by atoms with E-state index in [2.05, 4.69) is 0 Å². The van der Waals surface area contributed by atoms with E-state index in [1.165, 1.54) is 0 Å². The highest BCUT2D eigenvalue weighted by Crippen LogP contribution is 2.56. The summed E-state index contributed by atoms with van der Waals surface area (Å²) >= 11 is 0. The Morgan fingerprint density at radius 1 is 0.500 bits per heavy atom. The van der Waals surface area contributed by atoms with Crippen LogP contribution >= 0.6 is 0 Å². The molecule has 0 amide bonds. The molecule has 3 aliphatic rings. The second-order valence-electron chi connectivity index (χ2n) is 20.0. The third-order valence-corrected chi connectivity index (χ3v) is 14.1. The number of phenols is 17. The van der Waals surface area contributed by atoms with Gasteiger partial charge in [-0.25, -0.2) is 28.8 Å². The number of ether oxygens (including phenoxy) is 9. The molecule has 0 aliphatic carbocycles. The van der Waals surface area contributed by atoms with Gasteiger partial charge in [-0.15, -0.1) is 0 Å². The van der Waals surface area contributed by atoms with Gasteiger partial charge >= 0.3 is 35.8 Å². The number of hydrogen-bond donors (Lipinski definition) is 22. The molecule has 2 fully saturated rings. The van der Waals surface area contributed by atoms with Gasteiger partial charge in [-0.2, -0.15) is 0 Å². The summed E-state index contributed by atoms with van der Waals surface area (Å²) in [5, 5.41) is 233. The Morgan fingerprint density at radius 3 is 1.46 bits per heavy atom. The molecule has 92 heavy (non-hydrogen) atoms. The molecule has 0 aromatic heterocycles. The van der Waals surface area contributed by atoms with Crippen molar-refractivity contribution in [3.8, 4) is 120 Å². The van der Waals surface area contributed by atoms with Gasteiger partial charge in [0.25, 0.3) is 0 Å². The van der Waals surface area contributed by atoms with Crippen molar-refractivity contribution in [2.24, 2.45) is 0 Å². The van der Waals surface area contributed by atoms with Gasteiger partial charge in [-0.05, 0) is 42.5 Å². The van der Waals surface area contributed by atoms with Crippen molar-refractivity contribution in [3.63, 3.8) is 0 Å². The van der Waals surface area contributed by atoms with Crippen molar-refractivity contribution in [1.29, 1.82) is 0 Å². The molecule has 9 rings (SSSR count). The second-order valence-corrected chi connectivity index (χ2v) is 20.0. The first-order valence-corrected chi connectivity index (χ1v) is 25.6. The van der Waals surface area contributed by atoms with Gasteiger partial charge in [0.2, 0.25) is 41.2 Å². The Hall–Kier alpha value is -11.7. The van der Waals surface area contributed by atoms with Crippen LogP contribution < -0.4 is 4.74 Å². The van der Waals surface area contributed by atoms with Gasteiger partial charge in [0.05, 0.1) is 34.4 Å². The molecule has 6 aromatic rings. The molecule has 0 unspecified atom stereocenters. The fourth-order valence-corrected chi connectivity index (χ4v) is 9.42. The number of carbonyl (C=O) groups excluding carboxylic acids is 6. The number of carbonyl (C=O) groups is 6. The average Bonchev–Trinajstić information content (AvgIpc) is 1.09. The predicted octanol–water partition coefficient (Wildman–Crippen LogP) is -0.811. The smallest absolute Gasteiger partial charge is 0.342 e. The fraction of sp³-hybridized carbons (Fsp3) is 0.236. The van der Waals surface area contributed by atoms with E-state index in [-0.39, 0.29) is 6.07 Å². The van der Waals surface area contributed by atoms with Gasteiger partial charge in [-0.3, -0.25) is 0 Å². The Balaban J connectivity index is 1.19. The van der Waals surface area contributed by atoms with Crippen LogP contribution in [0.3, 0.4) is 0 Å². The van der Waals surface area contributed by atoms with Crippen LogP contribution in [0.1, 0.15) is 62.1 Å². The van der Waals surface area contributed by atoms with E-state index < -0.39 is 270 Å². The molecular formula is C55H46O37. The fourth-order valence-electron chi connectivity index (χ4n) is 9.42. The molecule has 0 saturated carbocycles. The van der Waals surface area contributed by atoms with Crippen molar-refractivity contribution in [1.82, 2.24) is 0 Å². The maximum absolute atomic E-state index is 14.9. The number of esters is 6. The van der Waals surface area contributed by atoms with Crippen molar-refractivity contribution in [2.45, 2.75) is 60.9 Å². The zero-order chi connectivity index (χ0) is 67.6. The van der Waals surface area contributed by atoms with E-state index in [0.29, 0.717) is 48.5 Å². The van der Waals surface area contributed by atoms with Crippen molar-refractivity contribution < 1.29 is 184 Å². The Bertz CT molecular complexity index is 3980. The summed E-state index contributed by atoms with van der Waals surface area (Å²) in [6.07, 6.45) is -21.8. The van der Waals surface area contributed by atoms with E-state index in [0.717, 1.165) is 0 Å². The van der Waals surface area contributed by atoms with E-state index in [9.17, 15) is 141 Å². The third kappa shape index (κ3) is 11.6. The van der Waals surface area contributed by atoms with Gasteiger partial charge < -0.3 is 155 Å². The Labute approximate surface area is 507 Å². The molecule has 3 aliphatic heterocycles. The van der Waals surface area contributed by atoms with Crippen molar-refractivity contribution in [2.75, 3.05) is 19.8 Å². The molecule has 0 bridgehead atoms. The first-order chi connectivity index (χ1) is 43.2. The number of cyclic esters (lactones) is 1. The van der Waals surface area contributed by atoms with Gasteiger partial charge in [0, 0.05) is 23.3 Å². The second kappa shape index (κ2) is 24.3. The summed E-state index contributed by atoms with van der Waals surface area (Å²) < 4.78 is 49.5. The highest BCUT2D eigenvalue weighted by molar-refractivity contribution is 6.09. The maximum Gasteiger partial charge on any atom is 0.342 e. The number of aliphatic hydroxyl groups is 5. The molecular weight excluding hydrogens is 1250 g/mol. The number of hydrogen-bond acceptors (Lipinski definition) is 37. The number of aliphatic hydroxyl groups excluding tert-OH is 4. The number of benzene rings is 6. The average molecular weight is 1300 g/mol. The lowest BCUT2D eigenvalue weighted by molar-refractivity contribution is -0.357. The summed E-state index contributed by atoms with van der Waals surface area (Å²) in [6, 6.07) is 3.74. The normalized spacial score (nSPS) is 22.8. The SMILES string of the molecule is O=C(O[C@@H]1O[C@@H]2COC(=O)c3cc(Oc4c(C(=O)OC[C@@]5(O)O[C@H](CO)[C@@H](O)[C@@H](O)[C@@H]5O)cc(O)c(O)c4O)c(O)c(O)c3-c3c(cc(O)c(O)c3O)C(=O)O[C@H]2[C@H](OC(=O)c2cc(O)c(O)c(O)c2)[C@H]1OC(=O)c1cc(O)c(O)c(O)c1)c1cc(O)c(O)c(O)c1. The molecule has 2 saturated heterocycles. The van der Waals surface area contributed by atoms with Gasteiger partial charge in [-0.1, -0.05) is 0 Å². The quantitative estimate of drug-likeness (QED) is 0.0405. The molecule has 10 atom stereocenters. The highest BCUT2D eigenvalue weighted by Gasteiger charge is 2.56. The minimum Gasteiger partial charge on any atom is -0.504 e. The van der Waals surface area contributed by atoms with Gasteiger partial charge in [0.15, 0.2) is 98.5 Å². The van der Waals surface area contributed by atoms with Gasteiger partial charge in [0.1, 0.15) is 49.3 Å². The van der Waals surface area contributed by atoms with E-state index in [1.54, 1.807) is 0 Å². The number of aromatic hydroxyl groups is 17. The maximum atomic E-state index is 14.9. The molecule has 6 aromatic carbocycles. The largest absolute Gasteiger partial charge is 0.504 e. The molecule has 0 radical (unpaired) electrons. The minimum absolute atomic E-state index is 0.270. The zero-order valence-corrected chi connectivity index (χ0v) is 45.5. The van der Waals surface area contributed by atoms with Crippen LogP contribution in [-0.4, -0.2) is 229 Å². The Kier molecular flexibility index (Phi) is 17.1. The van der Waals surface area contributed by atoms with Crippen LogP contribution in [0.2, 0.25) is 0 Å². The van der Waals surface area contributed by atoms with Crippen LogP contribution in [0.5, 0.6) is 109 Å². The molecule has 22 N–H and O–H groups in total. The lowest BCUT2D eigenvalue weighted by atomic mass is 9.91. The van der Waals surface area contributed by atoms with Crippen LogP contribution in [0, 0.1) is 0 Å². The van der Waals surface area contributed by atoms with E-state index >= 15 is 0 Å². The molecule has 488 valence electrons. The molecule has 3 heterocycles. The lowest BCUT2D eigenvalue weighted by Gasteiger charge is -2.44. The van der Waals surface area contributed by atoms with E-state index in [1.807, 2.05) is 0 Å². The third-order valence-electron chi connectivity index (χ3n) is 14.1. The summed E-state index contributed by atoms with van der Waals surface area (Å²) in [4.78, 5) is 85.8. The van der Waals surface area contributed by atoms with E-state index in [4.69, 9.17) is 42.6 Å². The predicted molar refractivity (Wildman–Crippen MR) is 283 cm³/mol. The standard InChI is InChI=1S/C55H46O37/c56-10-28-38(71)42(75)47(76)55(83,92-28)12-85-52(81)18-8-26(64)36(69)41(74)43(18)86-27-9-17-31(40(73)37(27)70)30-16(7-25(63)35(68)39(30)72)53(82)88-44-29(11-84-51(17)80)87-54(91-50(79)15-5-23(61)34(67)24(62)6-15)46(90-49(78)14-3-21(59)33(66)22(60)4-14)45(44)89-48(77)13-1-19(57)32(65)20(58)2-13/h1-9,28-29,38,42,44-47,54,56-76,83H,10-12H2/t28-,29-,38-,42-,44-,45+,46-,47+,54+,55-/m1/s1. The number of rotatable bonds is 12. The minimum atomic E-state index is -3.15. The van der Waals surface area contributed by atoms with Crippen LogP contribution in [-0.2, 0) is 37.9 Å². The summed E-state index contributed by atoms with van der Waals surface area (Å²) in [5.74, 6) is -40.2. The monoisotopic (exact) mass is 1300 g/mol. The van der Waals surface area contributed by atoms with Crippen LogP contribution in [0.15, 0.2) is 54.6 Å². The summed E-state index contributed by atoms with van der Waals surface area (Å²) in [7, 11) is 0. The number of phenolic OH excluding ortho intramolecular Hbond substituents is 17. The van der Waals surface area contributed by atoms with Crippen LogP contribution in [0.25, 0.3) is 11.1 Å². The summed E-state index contributed by atoms with van der Waals surface area (Å²) in [5.41, 5.74) is -9.20. The Morgan fingerprint density at radius 2 is 0.946 bits per heavy atom. The van der Waals surface area contributed by atoms with Crippen molar-refractivity contribution in [3.05, 3.63) is 88.0 Å². The first kappa shape index (κ1) is 64.7. The molecule has 0 spiro atoms. The topological polar surface area (TPSA) is 631 Å².